The minimum atomic E-state index is -2.76. The smallest absolute Gasteiger partial charge is 0.344 e. The van der Waals surface area contributed by atoms with E-state index < -0.39 is 14.4 Å². The molecule has 0 fully saturated rings. The second-order valence-corrected chi connectivity index (χ2v) is 8.37. The highest BCUT2D eigenvalue weighted by molar-refractivity contribution is 8.71. The van der Waals surface area contributed by atoms with Crippen molar-refractivity contribution in [3.63, 3.8) is 0 Å². The number of hydrogen-bond donors (Lipinski definition) is 1. The largest absolute Gasteiger partial charge is 0.477 e. The second kappa shape index (κ2) is 3.72. The predicted octanol–water partition coefficient (Wildman–Crippen LogP) is 4.29. The van der Waals surface area contributed by atoms with Gasteiger partial charge < -0.3 is 5.11 Å². The van der Waals surface area contributed by atoms with E-state index in [4.69, 9.17) is 61.3 Å². The van der Waals surface area contributed by atoms with Gasteiger partial charge in [-0.15, -0.1) is 0 Å². The van der Waals surface area contributed by atoms with Crippen molar-refractivity contribution in [1.29, 1.82) is 0 Å². The topological polar surface area (TPSA) is 37.3 Å². The molecule has 0 aromatic carbocycles. The van der Waals surface area contributed by atoms with Gasteiger partial charge in [0.15, 0.2) is 0 Å². The summed E-state index contributed by atoms with van der Waals surface area (Å²) in [6, 6.07) is 0. The molecular weight excluding hydrogens is 301 g/mol. The van der Waals surface area contributed by atoms with Crippen molar-refractivity contribution >= 4 is 70.6 Å². The van der Waals surface area contributed by atoms with Crippen molar-refractivity contribution in [3.05, 3.63) is 19.3 Å². The van der Waals surface area contributed by atoms with Crippen LogP contribution in [0.4, 0.5) is 0 Å². The summed E-state index contributed by atoms with van der Waals surface area (Å²) in [4.78, 5) is 10.3. The number of allylic oxidation sites excluding steroid dienone is 2. The van der Waals surface area contributed by atoms with Crippen molar-refractivity contribution in [2.45, 2.75) is 0 Å². The van der Waals surface area contributed by atoms with Crippen molar-refractivity contribution in [2.24, 2.45) is 0 Å². The van der Waals surface area contributed by atoms with E-state index >= 15 is 0 Å². The lowest BCUT2D eigenvalue weighted by atomic mass is 10.5. The molecule has 13 heavy (non-hydrogen) atoms. The van der Waals surface area contributed by atoms with Crippen LogP contribution in [-0.2, 0) is 4.79 Å². The Bertz CT molecular complexity index is 345. The van der Waals surface area contributed by atoms with Crippen molar-refractivity contribution in [2.75, 3.05) is 0 Å². The molecule has 1 heterocycles. The summed E-state index contributed by atoms with van der Waals surface area (Å²) in [5.74, 6) is -1.32. The van der Waals surface area contributed by atoms with E-state index in [1.54, 1.807) is 0 Å². The van der Waals surface area contributed by atoms with E-state index in [1.165, 1.54) is 0 Å². The number of rotatable bonds is 1. The number of halogens is 5. The Morgan fingerprint density at radius 1 is 1.15 bits per heavy atom. The van der Waals surface area contributed by atoms with Crippen LogP contribution in [0.1, 0.15) is 0 Å². The minimum Gasteiger partial charge on any atom is -0.477 e. The average molecular weight is 302 g/mol. The number of hydrogen-bond acceptors (Lipinski definition) is 1. The summed E-state index contributed by atoms with van der Waals surface area (Å²) < 4.78 is -0.111. The zero-order valence-corrected chi connectivity index (χ0v) is 10.2. The maximum atomic E-state index is 10.7. The number of carboxylic acid groups (broad SMARTS) is 1. The van der Waals surface area contributed by atoms with Gasteiger partial charge in [0.2, 0.25) is 0 Å². The fourth-order valence-electron chi connectivity index (χ4n) is 0.704. The normalized spacial score (nSPS) is 23.8. The van der Waals surface area contributed by atoms with E-state index in [2.05, 4.69) is 0 Å². The predicted molar refractivity (Wildman–Crippen MR) is 58.5 cm³/mol. The highest BCUT2D eigenvalue weighted by atomic mass is 36.0. The molecule has 74 valence electrons. The first-order chi connectivity index (χ1) is 5.80. The fourth-order valence-corrected chi connectivity index (χ4v) is 5.00. The molecule has 0 aliphatic carbocycles. The molecule has 8 heteroatoms. The van der Waals surface area contributed by atoms with Gasteiger partial charge in [-0.1, -0.05) is 34.8 Å². The number of carbonyl (C=O) groups is 1. The Kier molecular flexibility index (Phi) is 3.38. The molecule has 0 amide bonds. The zero-order valence-electron chi connectivity index (χ0n) is 5.65. The summed E-state index contributed by atoms with van der Waals surface area (Å²) in [5.41, 5.74) is 0. The van der Waals surface area contributed by atoms with E-state index in [0.29, 0.717) is 0 Å². The third kappa shape index (κ3) is 1.78. The SMILES string of the molecule is O=C(O)C1=C(Cl)C(Cl)=C(Cl)S1(Cl)Cl. The van der Waals surface area contributed by atoms with Gasteiger partial charge in [0, 0.05) is 0 Å². The van der Waals surface area contributed by atoms with Crippen molar-refractivity contribution in [1.82, 2.24) is 0 Å². The van der Waals surface area contributed by atoms with Crippen molar-refractivity contribution in [3.8, 4) is 0 Å². The van der Waals surface area contributed by atoms with Crippen LogP contribution in [0.2, 0.25) is 0 Å². The molecule has 0 atom stereocenters. The molecule has 0 unspecified atom stereocenters. The third-order valence-electron chi connectivity index (χ3n) is 1.24. The Morgan fingerprint density at radius 2 is 1.62 bits per heavy atom. The van der Waals surface area contributed by atoms with E-state index in [1.807, 2.05) is 0 Å². The molecule has 0 radical (unpaired) electrons. The van der Waals surface area contributed by atoms with E-state index in [9.17, 15) is 4.79 Å². The minimum absolute atomic E-state index is 0.0965. The first-order valence-electron chi connectivity index (χ1n) is 2.71. The quantitative estimate of drug-likeness (QED) is 0.784. The Balaban J connectivity index is 3.36. The standard InChI is InChI=1S/C5HCl5O2S/c6-1-2(7)4(8)13(9,10)3(1)5(11)12/h(H,11,12). The van der Waals surface area contributed by atoms with Gasteiger partial charge in [-0.2, -0.15) is 0 Å². The first-order valence-corrected chi connectivity index (χ1v) is 7.13. The number of aliphatic carboxylic acids is 1. The Hall–Kier alpha value is 0.750. The zero-order chi connectivity index (χ0) is 10.4. The van der Waals surface area contributed by atoms with Gasteiger partial charge in [-0.3, -0.25) is 0 Å². The molecule has 1 N–H and O–H groups in total. The van der Waals surface area contributed by atoms with Crippen LogP contribution in [0.3, 0.4) is 0 Å². The molecule has 0 bridgehead atoms. The Morgan fingerprint density at radius 3 is 1.77 bits per heavy atom. The molecule has 0 saturated heterocycles. The molecule has 2 nitrogen and oxygen atoms in total. The monoisotopic (exact) mass is 300 g/mol. The number of carboxylic acids is 1. The summed E-state index contributed by atoms with van der Waals surface area (Å²) in [7, 11) is 8.68. The van der Waals surface area contributed by atoms with Gasteiger partial charge in [0.25, 0.3) is 0 Å². The van der Waals surface area contributed by atoms with Gasteiger partial charge in [0.05, 0.1) is 10.1 Å². The molecule has 1 rings (SSSR count). The average Bonchev–Trinajstić information content (AvgIpc) is 2.12. The van der Waals surface area contributed by atoms with Gasteiger partial charge in [-0.25, -0.2) is 4.79 Å². The highest BCUT2D eigenvalue weighted by Gasteiger charge is 2.43. The van der Waals surface area contributed by atoms with Crippen LogP contribution in [-0.4, -0.2) is 11.1 Å². The summed E-state index contributed by atoms with van der Waals surface area (Å²) in [6.45, 7) is 0. The van der Waals surface area contributed by atoms with Gasteiger partial charge in [0.1, 0.15) is 9.27 Å². The summed E-state index contributed by atoms with van der Waals surface area (Å²) >= 11 is 16.8. The maximum Gasteiger partial charge on any atom is 0.344 e. The van der Waals surface area contributed by atoms with Crippen LogP contribution in [0.15, 0.2) is 19.3 Å². The lowest BCUT2D eigenvalue weighted by Gasteiger charge is -2.19. The van der Waals surface area contributed by atoms with E-state index in [0.717, 1.165) is 0 Å². The van der Waals surface area contributed by atoms with Crippen LogP contribution in [0.25, 0.3) is 0 Å². The molecule has 0 spiro atoms. The lowest BCUT2D eigenvalue weighted by molar-refractivity contribution is -0.131. The summed E-state index contributed by atoms with van der Waals surface area (Å²) in [5, 5.41) is 8.43. The summed E-state index contributed by atoms with van der Waals surface area (Å²) in [6.07, 6.45) is 0. The van der Waals surface area contributed by atoms with Crippen LogP contribution in [0, 0.1) is 0 Å². The molecule has 0 aromatic heterocycles. The second-order valence-electron chi connectivity index (χ2n) is 2.00. The van der Waals surface area contributed by atoms with E-state index in [-0.39, 0.29) is 19.3 Å². The molecule has 1 aliphatic rings. The molecule has 1 aliphatic heterocycles. The van der Waals surface area contributed by atoms with Crippen LogP contribution < -0.4 is 0 Å². The van der Waals surface area contributed by atoms with Crippen LogP contribution in [0.5, 0.6) is 0 Å². The third-order valence-corrected chi connectivity index (χ3v) is 7.17. The van der Waals surface area contributed by atoms with Crippen LogP contribution >= 0.6 is 64.6 Å². The Labute approximate surface area is 99.4 Å². The lowest BCUT2D eigenvalue weighted by Crippen LogP contribution is -2.01. The fraction of sp³-hybridized carbons (Fsp3) is 0. The van der Waals surface area contributed by atoms with Gasteiger partial charge >= 0.3 is 5.97 Å². The molecular formula is C5HCl5O2S. The molecule has 0 saturated carbocycles. The highest BCUT2D eigenvalue weighted by Crippen LogP contribution is 2.77. The van der Waals surface area contributed by atoms with Gasteiger partial charge in [-0.05, 0) is 29.8 Å². The van der Waals surface area contributed by atoms with Crippen molar-refractivity contribution < 1.29 is 9.90 Å². The first kappa shape index (κ1) is 11.8. The maximum absolute atomic E-state index is 10.7. The molecule has 0 aromatic rings.